The summed E-state index contributed by atoms with van der Waals surface area (Å²) in [7, 11) is 0. The van der Waals surface area contributed by atoms with Crippen molar-refractivity contribution in [1.29, 1.82) is 0 Å². The molecule has 2 aromatic heterocycles. The van der Waals surface area contributed by atoms with Crippen LogP contribution in [-0.2, 0) is 0 Å². The van der Waals surface area contributed by atoms with E-state index in [1.807, 2.05) is 6.26 Å². The Morgan fingerprint density at radius 1 is 1.40 bits per heavy atom. The van der Waals surface area contributed by atoms with E-state index in [9.17, 15) is 10.2 Å². The predicted octanol–water partition coefficient (Wildman–Crippen LogP) is -0.113. The third kappa shape index (κ3) is 3.04. The van der Waals surface area contributed by atoms with Crippen molar-refractivity contribution in [3.05, 3.63) is 18.1 Å². The zero-order valence-corrected chi connectivity index (χ0v) is 12.0. The van der Waals surface area contributed by atoms with Crippen molar-refractivity contribution in [3.8, 4) is 0 Å². The molecule has 2 aromatic rings. The highest BCUT2D eigenvalue weighted by molar-refractivity contribution is 7.98. The molecule has 0 bridgehead atoms. The minimum Gasteiger partial charge on any atom is -0.395 e. The number of aliphatic hydroxyl groups excluding tert-OH is 2. The molecule has 0 fully saturated rings. The number of hydrogen-bond acceptors (Lipinski definition) is 7. The fourth-order valence-electron chi connectivity index (χ4n) is 2.12. The summed E-state index contributed by atoms with van der Waals surface area (Å²) in [5.41, 5.74) is 7.94. The molecule has 0 radical (unpaired) electrons. The summed E-state index contributed by atoms with van der Waals surface area (Å²) in [6.45, 7) is -0.0848. The second-order valence-corrected chi connectivity index (χ2v) is 5.37. The Morgan fingerprint density at radius 3 is 2.85 bits per heavy atom. The van der Waals surface area contributed by atoms with Crippen LogP contribution in [0.1, 0.15) is 11.6 Å². The van der Waals surface area contributed by atoms with Crippen LogP contribution in [0.15, 0.2) is 12.5 Å². The number of nitrogen functional groups attached to an aromatic ring is 1. The Labute approximate surface area is 121 Å². The Bertz CT molecular complexity index is 562. The Kier molecular flexibility index (Phi) is 5.18. The molecule has 1 unspecified atom stereocenters. The minimum absolute atomic E-state index is 0.0107. The minimum atomic E-state index is -0.317. The summed E-state index contributed by atoms with van der Waals surface area (Å²) < 4.78 is 0. The van der Waals surface area contributed by atoms with Crippen molar-refractivity contribution in [1.82, 2.24) is 20.3 Å². The second-order valence-electron chi connectivity index (χ2n) is 4.46. The number of aliphatic hydroxyl groups is 2. The molecule has 0 aliphatic heterocycles. The van der Waals surface area contributed by atoms with Gasteiger partial charge in [0.05, 0.1) is 24.8 Å². The van der Waals surface area contributed by atoms with E-state index in [1.54, 1.807) is 18.0 Å². The molecule has 0 aromatic carbocycles. The maximum atomic E-state index is 9.60. The van der Waals surface area contributed by atoms with E-state index in [0.29, 0.717) is 16.9 Å². The van der Waals surface area contributed by atoms with Gasteiger partial charge in [-0.1, -0.05) is 0 Å². The molecule has 2 rings (SSSR count). The first-order chi connectivity index (χ1) is 9.71. The predicted molar refractivity (Wildman–Crippen MR) is 80.5 cm³/mol. The number of rotatable bonds is 7. The van der Waals surface area contributed by atoms with Crippen molar-refractivity contribution < 1.29 is 10.2 Å². The van der Waals surface area contributed by atoms with E-state index in [2.05, 4.69) is 20.3 Å². The molecule has 2 heterocycles. The largest absolute Gasteiger partial charge is 0.395 e. The SMILES string of the molecule is CSCC(CO)N[C@H](CO)c1c[nH]c2c(N)ncnc12. The molecule has 6 N–H and O–H groups in total. The van der Waals surface area contributed by atoms with Crippen molar-refractivity contribution in [2.24, 2.45) is 0 Å². The number of anilines is 1. The Morgan fingerprint density at radius 2 is 2.20 bits per heavy atom. The average Bonchev–Trinajstić information content (AvgIpc) is 2.89. The first-order valence-electron chi connectivity index (χ1n) is 6.25. The van der Waals surface area contributed by atoms with Gasteiger partial charge in [-0.2, -0.15) is 11.8 Å². The topological polar surface area (TPSA) is 120 Å². The van der Waals surface area contributed by atoms with Crippen molar-refractivity contribution in [3.63, 3.8) is 0 Å². The summed E-state index contributed by atoms with van der Waals surface area (Å²) in [5.74, 6) is 1.13. The van der Waals surface area contributed by atoms with E-state index >= 15 is 0 Å². The highest BCUT2D eigenvalue weighted by Crippen LogP contribution is 2.24. The maximum Gasteiger partial charge on any atom is 0.151 e. The van der Waals surface area contributed by atoms with Crippen LogP contribution in [0, 0.1) is 0 Å². The number of hydrogen-bond donors (Lipinski definition) is 5. The Hall–Kier alpha value is -1.35. The van der Waals surface area contributed by atoms with Crippen LogP contribution in [0.5, 0.6) is 0 Å². The first kappa shape index (κ1) is 15.0. The number of nitrogens with two attached hydrogens (primary N) is 1. The van der Waals surface area contributed by atoms with E-state index in [4.69, 9.17) is 5.73 Å². The molecule has 0 saturated heterocycles. The summed E-state index contributed by atoms with van der Waals surface area (Å²) in [4.78, 5) is 11.2. The maximum absolute atomic E-state index is 9.60. The molecular formula is C12H19N5O2S. The number of nitrogens with zero attached hydrogens (tertiary/aromatic N) is 2. The van der Waals surface area contributed by atoms with E-state index in [0.717, 1.165) is 11.3 Å². The van der Waals surface area contributed by atoms with E-state index in [-0.39, 0.29) is 25.3 Å². The molecule has 110 valence electrons. The quantitative estimate of drug-likeness (QED) is 0.483. The number of nitrogens with one attached hydrogen (secondary N) is 2. The van der Waals surface area contributed by atoms with Gasteiger partial charge in [-0.25, -0.2) is 9.97 Å². The van der Waals surface area contributed by atoms with Crippen LogP contribution in [0.3, 0.4) is 0 Å². The lowest BCUT2D eigenvalue weighted by atomic mass is 10.1. The van der Waals surface area contributed by atoms with Crippen LogP contribution in [0.25, 0.3) is 11.0 Å². The lowest BCUT2D eigenvalue weighted by Gasteiger charge is -2.22. The molecule has 20 heavy (non-hydrogen) atoms. The summed E-state index contributed by atoms with van der Waals surface area (Å²) >= 11 is 1.63. The van der Waals surface area contributed by atoms with Crippen LogP contribution >= 0.6 is 11.8 Å². The van der Waals surface area contributed by atoms with Gasteiger partial charge in [0.15, 0.2) is 5.82 Å². The van der Waals surface area contributed by atoms with Gasteiger partial charge < -0.3 is 26.2 Å². The monoisotopic (exact) mass is 297 g/mol. The van der Waals surface area contributed by atoms with Crippen LogP contribution in [0.4, 0.5) is 5.82 Å². The molecule has 8 heteroatoms. The van der Waals surface area contributed by atoms with Gasteiger partial charge in [0.25, 0.3) is 0 Å². The molecular weight excluding hydrogens is 278 g/mol. The van der Waals surface area contributed by atoms with Crippen LogP contribution in [0.2, 0.25) is 0 Å². The molecule has 0 spiro atoms. The van der Waals surface area contributed by atoms with Crippen molar-refractivity contribution >= 4 is 28.6 Å². The van der Waals surface area contributed by atoms with Gasteiger partial charge in [0.1, 0.15) is 11.8 Å². The lowest BCUT2D eigenvalue weighted by Crippen LogP contribution is -2.39. The number of aromatic nitrogens is 3. The molecule has 0 aliphatic carbocycles. The lowest BCUT2D eigenvalue weighted by molar-refractivity contribution is 0.202. The zero-order chi connectivity index (χ0) is 14.5. The standard InChI is InChI=1S/C12H19N5O2S/c1-20-5-7(3-18)17-9(4-19)8-2-14-11-10(8)15-6-16-12(11)13/h2,6-7,9,14,17-19H,3-5H2,1H3,(H2,13,15,16)/t7?,9-/m1/s1. The average molecular weight is 297 g/mol. The normalized spacial score (nSPS) is 14.6. The fourth-order valence-corrected chi connectivity index (χ4v) is 2.73. The number of fused-ring (bicyclic) bond motifs is 1. The van der Waals surface area contributed by atoms with Gasteiger partial charge in [0, 0.05) is 23.6 Å². The van der Waals surface area contributed by atoms with E-state index in [1.165, 1.54) is 6.33 Å². The summed E-state index contributed by atoms with van der Waals surface area (Å²) in [5, 5.41) is 22.2. The molecule has 2 atom stereocenters. The van der Waals surface area contributed by atoms with Gasteiger partial charge in [-0.15, -0.1) is 0 Å². The summed E-state index contributed by atoms with van der Waals surface area (Å²) in [6, 6.07) is -0.409. The van der Waals surface area contributed by atoms with E-state index < -0.39 is 0 Å². The highest BCUT2D eigenvalue weighted by Gasteiger charge is 2.20. The second kappa shape index (κ2) is 6.89. The molecule has 7 nitrogen and oxygen atoms in total. The smallest absolute Gasteiger partial charge is 0.151 e. The van der Waals surface area contributed by atoms with Crippen molar-refractivity contribution in [2.45, 2.75) is 12.1 Å². The third-order valence-corrected chi connectivity index (χ3v) is 3.84. The zero-order valence-electron chi connectivity index (χ0n) is 11.2. The van der Waals surface area contributed by atoms with Gasteiger partial charge in [-0.05, 0) is 6.26 Å². The number of aromatic amines is 1. The summed E-state index contributed by atoms with van der Waals surface area (Å²) in [6.07, 6.45) is 5.13. The number of thioether (sulfide) groups is 1. The molecule has 0 aliphatic rings. The van der Waals surface area contributed by atoms with Crippen molar-refractivity contribution in [2.75, 3.05) is 31.0 Å². The van der Waals surface area contributed by atoms with Crippen LogP contribution < -0.4 is 11.1 Å². The highest BCUT2D eigenvalue weighted by atomic mass is 32.2. The number of H-pyrrole nitrogens is 1. The third-order valence-electron chi connectivity index (χ3n) is 3.11. The molecule has 0 saturated carbocycles. The first-order valence-corrected chi connectivity index (χ1v) is 7.64. The molecule has 0 amide bonds. The van der Waals surface area contributed by atoms with Crippen LogP contribution in [-0.4, -0.2) is 56.4 Å². The van der Waals surface area contributed by atoms with Gasteiger partial charge in [0.2, 0.25) is 0 Å². The van der Waals surface area contributed by atoms with Gasteiger partial charge in [-0.3, -0.25) is 0 Å². The fraction of sp³-hybridized carbons (Fsp3) is 0.500. The van der Waals surface area contributed by atoms with Gasteiger partial charge >= 0.3 is 0 Å². The Balaban J connectivity index is 2.27.